The van der Waals surface area contributed by atoms with E-state index in [1.54, 1.807) is 42.6 Å². The van der Waals surface area contributed by atoms with Crippen molar-refractivity contribution in [2.24, 2.45) is 5.73 Å². The van der Waals surface area contributed by atoms with Crippen LogP contribution in [-0.2, 0) is 0 Å². The molecule has 0 radical (unpaired) electrons. The van der Waals surface area contributed by atoms with Gasteiger partial charge in [-0.2, -0.15) is 0 Å². The molecule has 2 rings (SSSR count). The first-order valence-electron chi connectivity index (χ1n) is 5.39. The molecule has 0 saturated heterocycles. The number of benzene rings is 1. The van der Waals surface area contributed by atoms with Crippen molar-refractivity contribution < 1.29 is 4.79 Å². The summed E-state index contributed by atoms with van der Waals surface area (Å²) in [7, 11) is 0. The van der Waals surface area contributed by atoms with Crippen LogP contribution < -0.4 is 11.1 Å². The van der Waals surface area contributed by atoms with Crippen molar-refractivity contribution in [2.75, 3.05) is 5.32 Å². The topological polar surface area (TPSA) is 68.0 Å². The first kappa shape index (κ1) is 13.6. The summed E-state index contributed by atoms with van der Waals surface area (Å²) in [4.78, 5) is 16.4. The Bertz CT molecular complexity index is 631. The Labute approximate surface area is 124 Å². The number of anilines is 1. The smallest absolute Gasteiger partial charge is 0.213 e. The van der Waals surface area contributed by atoms with Crippen LogP contribution in [0.15, 0.2) is 47.1 Å². The quantitative estimate of drug-likeness (QED) is 0.666. The molecule has 2 aromatic rings. The summed E-state index contributed by atoms with van der Waals surface area (Å²) in [6.45, 7) is 0. The molecule has 1 aromatic carbocycles. The van der Waals surface area contributed by atoms with Crippen LogP contribution in [0.5, 0.6) is 0 Å². The van der Waals surface area contributed by atoms with Gasteiger partial charge in [0.05, 0.1) is 5.69 Å². The lowest BCUT2D eigenvalue weighted by atomic mass is 10.1. The molecule has 96 valence electrons. The largest absolute Gasteiger partial charge is 0.376 e. The Morgan fingerprint density at radius 3 is 2.74 bits per heavy atom. The van der Waals surface area contributed by atoms with E-state index in [0.29, 0.717) is 16.9 Å². The molecule has 0 spiro atoms. The van der Waals surface area contributed by atoms with E-state index in [1.807, 2.05) is 0 Å². The average Bonchev–Trinajstić information content (AvgIpc) is 2.40. The zero-order valence-corrected chi connectivity index (χ0v) is 12.2. The summed E-state index contributed by atoms with van der Waals surface area (Å²) >= 11 is 8.14. The van der Waals surface area contributed by atoms with Crippen LogP contribution in [0.25, 0.3) is 0 Å². The number of nitrogens with two attached hydrogens (primary N) is 1. The van der Waals surface area contributed by atoms with Crippen LogP contribution in [0, 0.1) is 0 Å². The van der Waals surface area contributed by atoms with Gasteiger partial charge in [0.1, 0.15) is 5.69 Å². The third-order valence-electron chi connectivity index (χ3n) is 2.38. The average molecular weight is 336 g/mol. The molecule has 0 amide bonds. The number of hydrogen-bond donors (Lipinski definition) is 2. The SMILES string of the molecule is NC(=S)Nc1ccc(Br)cc1C(=O)c1ccccn1. The van der Waals surface area contributed by atoms with Crippen LogP contribution >= 0.6 is 28.1 Å². The van der Waals surface area contributed by atoms with Crippen molar-refractivity contribution >= 4 is 44.7 Å². The molecule has 1 heterocycles. The van der Waals surface area contributed by atoms with Crippen molar-refractivity contribution in [2.45, 2.75) is 0 Å². The number of halogens is 1. The highest BCUT2D eigenvalue weighted by Gasteiger charge is 2.15. The molecule has 0 saturated carbocycles. The fraction of sp³-hybridized carbons (Fsp3) is 0. The molecule has 0 atom stereocenters. The maximum Gasteiger partial charge on any atom is 0.213 e. The Kier molecular flexibility index (Phi) is 4.24. The lowest BCUT2D eigenvalue weighted by Crippen LogP contribution is -2.21. The van der Waals surface area contributed by atoms with Gasteiger partial charge in [-0.05, 0) is 42.5 Å². The van der Waals surface area contributed by atoms with Crippen LogP contribution in [-0.4, -0.2) is 15.9 Å². The minimum atomic E-state index is -0.194. The summed E-state index contributed by atoms with van der Waals surface area (Å²) in [5.74, 6) is -0.194. The van der Waals surface area contributed by atoms with Crippen LogP contribution in [0.1, 0.15) is 16.1 Å². The monoisotopic (exact) mass is 335 g/mol. The number of hydrogen-bond acceptors (Lipinski definition) is 3. The number of carbonyl (C=O) groups is 1. The molecule has 3 N–H and O–H groups in total. The first-order valence-corrected chi connectivity index (χ1v) is 6.60. The third kappa shape index (κ3) is 3.36. The molecule has 0 bridgehead atoms. The number of thiocarbonyl (C=S) groups is 1. The summed E-state index contributed by atoms with van der Waals surface area (Å²) < 4.78 is 0.792. The molecular weight excluding hydrogens is 326 g/mol. The fourth-order valence-corrected chi connectivity index (χ4v) is 2.05. The second-order valence-electron chi connectivity index (χ2n) is 3.72. The molecular formula is C13H10BrN3OS. The molecule has 0 aliphatic rings. The summed E-state index contributed by atoms with van der Waals surface area (Å²) in [5.41, 5.74) is 6.84. The number of nitrogens with one attached hydrogen (secondary N) is 1. The zero-order chi connectivity index (χ0) is 13.8. The molecule has 0 aliphatic carbocycles. The van der Waals surface area contributed by atoms with Crippen molar-refractivity contribution in [3.8, 4) is 0 Å². The van der Waals surface area contributed by atoms with Gasteiger partial charge < -0.3 is 11.1 Å². The molecule has 1 aromatic heterocycles. The van der Waals surface area contributed by atoms with Gasteiger partial charge in [0.25, 0.3) is 0 Å². The van der Waals surface area contributed by atoms with E-state index in [-0.39, 0.29) is 10.9 Å². The Hall–Kier alpha value is -1.79. The van der Waals surface area contributed by atoms with Crippen molar-refractivity contribution in [1.82, 2.24) is 4.98 Å². The van der Waals surface area contributed by atoms with Gasteiger partial charge in [-0.3, -0.25) is 9.78 Å². The second kappa shape index (κ2) is 5.90. The number of carbonyl (C=O) groups excluding carboxylic acids is 1. The molecule has 6 heteroatoms. The van der Waals surface area contributed by atoms with E-state index in [4.69, 9.17) is 18.0 Å². The van der Waals surface area contributed by atoms with Gasteiger partial charge in [-0.25, -0.2) is 0 Å². The van der Waals surface area contributed by atoms with Crippen molar-refractivity contribution in [1.29, 1.82) is 0 Å². The lowest BCUT2D eigenvalue weighted by molar-refractivity contribution is 0.103. The van der Waals surface area contributed by atoms with E-state index in [1.165, 1.54) is 0 Å². The lowest BCUT2D eigenvalue weighted by Gasteiger charge is -2.10. The molecule has 4 nitrogen and oxygen atoms in total. The normalized spacial score (nSPS) is 9.95. The van der Waals surface area contributed by atoms with Crippen LogP contribution in [0.3, 0.4) is 0 Å². The summed E-state index contributed by atoms with van der Waals surface area (Å²) in [6.07, 6.45) is 1.58. The van der Waals surface area contributed by atoms with Gasteiger partial charge in [-0.15, -0.1) is 0 Å². The second-order valence-corrected chi connectivity index (χ2v) is 5.08. The number of aromatic nitrogens is 1. The molecule has 0 unspecified atom stereocenters. The zero-order valence-electron chi connectivity index (χ0n) is 9.76. The van der Waals surface area contributed by atoms with Crippen molar-refractivity contribution in [3.05, 3.63) is 58.3 Å². The van der Waals surface area contributed by atoms with Gasteiger partial charge in [-0.1, -0.05) is 22.0 Å². The Morgan fingerprint density at radius 1 is 1.32 bits per heavy atom. The van der Waals surface area contributed by atoms with Crippen LogP contribution in [0.2, 0.25) is 0 Å². The maximum absolute atomic E-state index is 12.4. The summed E-state index contributed by atoms with van der Waals surface area (Å²) in [6, 6.07) is 10.4. The predicted octanol–water partition coefficient (Wildman–Crippen LogP) is 2.73. The standard InChI is InChI=1S/C13H10BrN3OS/c14-8-4-5-10(17-13(15)19)9(7-8)12(18)11-3-1-2-6-16-11/h1-7H,(H3,15,17,19). The highest BCUT2D eigenvalue weighted by molar-refractivity contribution is 9.10. The predicted molar refractivity (Wildman–Crippen MR) is 82.2 cm³/mol. The minimum Gasteiger partial charge on any atom is -0.376 e. The molecule has 0 fully saturated rings. The van der Waals surface area contributed by atoms with E-state index in [2.05, 4.69) is 26.2 Å². The van der Waals surface area contributed by atoms with E-state index >= 15 is 0 Å². The number of pyridine rings is 1. The van der Waals surface area contributed by atoms with E-state index in [0.717, 1.165) is 4.47 Å². The minimum absolute atomic E-state index is 0.109. The van der Waals surface area contributed by atoms with Crippen molar-refractivity contribution in [3.63, 3.8) is 0 Å². The van der Waals surface area contributed by atoms with Gasteiger partial charge >= 0.3 is 0 Å². The molecule has 19 heavy (non-hydrogen) atoms. The van der Waals surface area contributed by atoms with E-state index in [9.17, 15) is 4.79 Å². The highest BCUT2D eigenvalue weighted by atomic mass is 79.9. The third-order valence-corrected chi connectivity index (χ3v) is 2.98. The Balaban J connectivity index is 2.45. The van der Waals surface area contributed by atoms with Gasteiger partial charge in [0, 0.05) is 16.2 Å². The van der Waals surface area contributed by atoms with Gasteiger partial charge in [0.15, 0.2) is 5.11 Å². The fourth-order valence-electron chi connectivity index (χ4n) is 1.58. The number of rotatable bonds is 3. The summed E-state index contributed by atoms with van der Waals surface area (Å²) in [5, 5.41) is 2.90. The number of nitrogens with zero attached hydrogens (tertiary/aromatic N) is 1. The van der Waals surface area contributed by atoms with E-state index < -0.39 is 0 Å². The van der Waals surface area contributed by atoms with Gasteiger partial charge in [0.2, 0.25) is 5.78 Å². The maximum atomic E-state index is 12.4. The molecule has 0 aliphatic heterocycles. The number of ketones is 1. The van der Waals surface area contributed by atoms with Crippen LogP contribution in [0.4, 0.5) is 5.69 Å². The highest BCUT2D eigenvalue weighted by Crippen LogP contribution is 2.23. The first-order chi connectivity index (χ1) is 9.08. The Morgan fingerprint density at radius 2 is 2.11 bits per heavy atom.